The highest BCUT2D eigenvalue weighted by Crippen LogP contribution is 2.34. The first-order valence-corrected chi connectivity index (χ1v) is 11.8. The van der Waals surface area contributed by atoms with Crippen LogP contribution < -0.4 is 4.90 Å². The Labute approximate surface area is 190 Å². The maximum absolute atomic E-state index is 13.5. The number of carbonyl (C=O) groups excluding carboxylic acids is 1. The number of aryl methyl sites for hydroxylation is 1. The number of carbonyl (C=O) groups is 1. The maximum atomic E-state index is 13.5. The molecule has 0 bridgehead atoms. The zero-order chi connectivity index (χ0) is 22.3. The third kappa shape index (κ3) is 5.33. The molecule has 7 nitrogen and oxygen atoms in total. The normalized spacial score (nSPS) is 17.1. The first-order valence-electron chi connectivity index (χ1n) is 11.8. The zero-order valence-corrected chi connectivity index (χ0v) is 19.3. The fourth-order valence-corrected chi connectivity index (χ4v) is 4.77. The lowest BCUT2D eigenvalue weighted by Gasteiger charge is -2.29. The number of hydrogen-bond acceptors (Lipinski definition) is 6. The molecule has 1 amide bonds. The third-order valence-corrected chi connectivity index (χ3v) is 6.50. The molecule has 0 unspecified atom stereocenters. The van der Waals surface area contributed by atoms with Gasteiger partial charge in [0, 0.05) is 44.8 Å². The van der Waals surface area contributed by atoms with Crippen molar-refractivity contribution in [2.24, 2.45) is 5.92 Å². The van der Waals surface area contributed by atoms with Gasteiger partial charge >= 0.3 is 0 Å². The molecule has 32 heavy (non-hydrogen) atoms. The SMILES string of the molecule is COCCCN(Cc1c(-c2cccc(C)c2)noc1N1CCOCC1)C(=O)C1CCCC1. The van der Waals surface area contributed by atoms with Crippen molar-refractivity contribution in [2.45, 2.75) is 45.6 Å². The maximum Gasteiger partial charge on any atom is 0.233 e. The van der Waals surface area contributed by atoms with Crippen LogP contribution >= 0.6 is 0 Å². The van der Waals surface area contributed by atoms with E-state index in [-0.39, 0.29) is 11.8 Å². The summed E-state index contributed by atoms with van der Waals surface area (Å²) in [6.07, 6.45) is 5.08. The van der Waals surface area contributed by atoms with E-state index in [9.17, 15) is 4.79 Å². The summed E-state index contributed by atoms with van der Waals surface area (Å²) in [5.74, 6) is 1.15. The van der Waals surface area contributed by atoms with Crippen molar-refractivity contribution < 1.29 is 18.8 Å². The lowest BCUT2D eigenvalue weighted by Crippen LogP contribution is -2.38. The molecule has 0 atom stereocenters. The van der Waals surface area contributed by atoms with Gasteiger partial charge < -0.3 is 23.8 Å². The van der Waals surface area contributed by atoms with Gasteiger partial charge in [0.1, 0.15) is 5.69 Å². The first kappa shape index (κ1) is 22.8. The number of benzene rings is 1. The van der Waals surface area contributed by atoms with Gasteiger partial charge in [0.05, 0.1) is 25.3 Å². The fraction of sp³-hybridized carbons (Fsp3) is 0.600. The topological polar surface area (TPSA) is 68.0 Å². The molecular weight excluding hydrogens is 406 g/mol. The number of methoxy groups -OCH3 is 1. The van der Waals surface area contributed by atoms with Gasteiger partial charge in [-0.2, -0.15) is 0 Å². The van der Waals surface area contributed by atoms with Crippen LogP contribution in [-0.2, 0) is 20.8 Å². The number of aromatic nitrogens is 1. The van der Waals surface area contributed by atoms with Crippen LogP contribution in [0.5, 0.6) is 0 Å². The van der Waals surface area contributed by atoms with Crippen LogP contribution in [0.25, 0.3) is 11.3 Å². The average molecular weight is 442 g/mol. The Balaban J connectivity index is 1.67. The lowest BCUT2D eigenvalue weighted by atomic mass is 10.0. The molecule has 1 saturated carbocycles. The number of morpholine rings is 1. The van der Waals surface area contributed by atoms with Crippen molar-refractivity contribution in [2.75, 3.05) is 51.5 Å². The van der Waals surface area contributed by atoms with Gasteiger partial charge in [-0.3, -0.25) is 4.79 Å². The van der Waals surface area contributed by atoms with Crippen LogP contribution in [0.1, 0.15) is 43.2 Å². The van der Waals surface area contributed by atoms with E-state index in [4.69, 9.17) is 14.0 Å². The van der Waals surface area contributed by atoms with Gasteiger partial charge in [0.15, 0.2) is 0 Å². The van der Waals surface area contributed by atoms with Gasteiger partial charge in [-0.1, -0.05) is 41.8 Å². The number of hydrogen-bond donors (Lipinski definition) is 0. The summed E-state index contributed by atoms with van der Waals surface area (Å²) in [6.45, 7) is 6.73. The summed E-state index contributed by atoms with van der Waals surface area (Å²) in [7, 11) is 1.70. The molecule has 2 heterocycles. The Morgan fingerprint density at radius 1 is 1.25 bits per heavy atom. The highest BCUT2D eigenvalue weighted by molar-refractivity contribution is 5.80. The first-order chi connectivity index (χ1) is 15.7. The number of amides is 1. The average Bonchev–Trinajstić information content (AvgIpc) is 3.49. The lowest BCUT2D eigenvalue weighted by molar-refractivity contribution is -0.136. The van der Waals surface area contributed by atoms with Crippen LogP contribution in [0, 0.1) is 12.8 Å². The summed E-state index contributed by atoms with van der Waals surface area (Å²) < 4.78 is 16.7. The highest BCUT2D eigenvalue weighted by atomic mass is 16.5. The molecule has 1 saturated heterocycles. The van der Waals surface area contributed by atoms with E-state index in [0.717, 1.165) is 67.9 Å². The molecule has 1 aliphatic carbocycles. The van der Waals surface area contributed by atoms with Gasteiger partial charge in [-0.25, -0.2) is 0 Å². The van der Waals surface area contributed by atoms with Crippen molar-refractivity contribution in [1.82, 2.24) is 10.1 Å². The summed E-state index contributed by atoms with van der Waals surface area (Å²) in [5, 5.41) is 4.49. The molecule has 1 aromatic carbocycles. The third-order valence-electron chi connectivity index (χ3n) is 6.50. The van der Waals surface area contributed by atoms with E-state index in [0.29, 0.717) is 32.9 Å². The summed E-state index contributed by atoms with van der Waals surface area (Å²) >= 11 is 0. The molecular formula is C25H35N3O4. The number of ether oxygens (including phenoxy) is 2. The van der Waals surface area contributed by atoms with E-state index >= 15 is 0 Å². The summed E-state index contributed by atoms with van der Waals surface area (Å²) in [5.41, 5.74) is 4.00. The van der Waals surface area contributed by atoms with Crippen LogP contribution in [0.3, 0.4) is 0 Å². The molecule has 1 aromatic heterocycles. The van der Waals surface area contributed by atoms with Gasteiger partial charge in [0.25, 0.3) is 0 Å². The van der Waals surface area contributed by atoms with E-state index < -0.39 is 0 Å². The Morgan fingerprint density at radius 3 is 2.75 bits per heavy atom. The van der Waals surface area contributed by atoms with E-state index in [1.54, 1.807) is 7.11 Å². The minimum atomic E-state index is 0.131. The minimum Gasteiger partial charge on any atom is -0.385 e. The van der Waals surface area contributed by atoms with Crippen molar-refractivity contribution >= 4 is 11.8 Å². The van der Waals surface area contributed by atoms with Crippen LogP contribution in [0.15, 0.2) is 28.8 Å². The van der Waals surface area contributed by atoms with Crippen molar-refractivity contribution in [3.05, 3.63) is 35.4 Å². The minimum absolute atomic E-state index is 0.131. The predicted molar refractivity (Wildman–Crippen MR) is 124 cm³/mol. The van der Waals surface area contributed by atoms with Crippen LogP contribution in [0.4, 0.5) is 5.88 Å². The van der Waals surface area contributed by atoms with E-state index in [2.05, 4.69) is 35.2 Å². The molecule has 0 radical (unpaired) electrons. The molecule has 2 fully saturated rings. The number of nitrogens with zero attached hydrogens (tertiary/aromatic N) is 3. The molecule has 2 aliphatic rings. The Hall–Kier alpha value is -2.38. The quantitative estimate of drug-likeness (QED) is 0.547. The largest absolute Gasteiger partial charge is 0.385 e. The monoisotopic (exact) mass is 441 g/mol. The molecule has 174 valence electrons. The van der Waals surface area contributed by atoms with E-state index in [1.165, 1.54) is 5.56 Å². The molecule has 0 N–H and O–H groups in total. The summed E-state index contributed by atoms with van der Waals surface area (Å²) in [4.78, 5) is 17.7. The molecule has 2 aromatic rings. The number of rotatable bonds is 9. The zero-order valence-electron chi connectivity index (χ0n) is 19.3. The molecule has 7 heteroatoms. The second kappa shape index (κ2) is 11.0. The standard InChI is InChI=1S/C25H35N3O4/c1-19-7-5-10-21(17-19)23-22(25(32-26-23)27-12-15-31-16-13-27)18-28(11-6-14-30-2)24(29)20-8-3-4-9-20/h5,7,10,17,20H,3-4,6,8-9,11-16,18H2,1-2H3. The second-order valence-electron chi connectivity index (χ2n) is 8.87. The van der Waals surface area contributed by atoms with Crippen molar-refractivity contribution in [3.63, 3.8) is 0 Å². The Kier molecular flexibility index (Phi) is 7.81. The van der Waals surface area contributed by atoms with Gasteiger partial charge in [0.2, 0.25) is 11.8 Å². The Morgan fingerprint density at radius 2 is 2.03 bits per heavy atom. The number of anilines is 1. The van der Waals surface area contributed by atoms with Crippen LogP contribution in [-0.4, -0.2) is 62.5 Å². The highest BCUT2D eigenvalue weighted by Gasteiger charge is 2.31. The van der Waals surface area contributed by atoms with E-state index in [1.807, 2.05) is 11.0 Å². The van der Waals surface area contributed by atoms with Crippen molar-refractivity contribution in [1.29, 1.82) is 0 Å². The Bertz CT molecular complexity index is 885. The molecule has 0 spiro atoms. The van der Waals surface area contributed by atoms with Crippen LogP contribution in [0.2, 0.25) is 0 Å². The summed E-state index contributed by atoms with van der Waals surface area (Å²) in [6, 6.07) is 8.30. The van der Waals surface area contributed by atoms with Gasteiger partial charge in [-0.05, 0) is 32.3 Å². The van der Waals surface area contributed by atoms with Crippen molar-refractivity contribution in [3.8, 4) is 11.3 Å². The smallest absolute Gasteiger partial charge is 0.233 e. The fourth-order valence-electron chi connectivity index (χ4n) is 4.77. The predicted octanol–water partition coefficient (Wildman–Crippen LogP) is 4.04. The molecule has 1 aliphatic heterocycles. The van der Waals surface area contributed by atoms with Gasteiger partial charge in [-0.15, -0.1) is 0 Å². The second-order valence-corrected chi connectivity index (χ2v) is 8.87. The molecule has 4 rings (SSSR count).